The van der Waals surface area contributed by atoms with E-state index in [-0.39, 0.29) is 0 Å². The molecule has 2 aliphatic rings. The first kappa shape index (κ1) is 10.5. The van der Waals surface area contributed by atoms with Crippen LogP contribution in [0, 0.1) is 23.7 Å². The Morgan fingerprint density at radius 3 is 2.43 bits per heavy atom. The number of rotatable bonds is 4. The molecule has 1 nitrogen and oxygen atoms in total. The standard InChI is InChI=1S/C13H25N/c1-9(2)6-13(14-3)12-8-10-4-5-11(12)7-10/h9-14H,4-8H2,1-3H3. The summed E-state index contributed by atoms with van der Waals surface area (Å²) in [5.41, 5.74) is 0. The highest BCUT2D eigenvalue weighted by atomic mass is 14.9. The van der Waals surface area contributed by atoms with Gasteiger partial charge in [0, 0.05) is 6.04 Å². The third-order valence-corrected chi connectivity index (χ3v) is 4.41. The normalized spacial score (nSPS) is 38.1. The van der Waals surface area contributed by atoms with Crippen molar-refractivity contribution >= 4 is 0 Å². The number of hydrogen-bond acceptors (Lipinski definition) is 1. The Morgan fingerprint density at radius 2 is 2.00 bits per heavy atom. The van der Waals surface area contributed by atoms with Crippen molar-refractivity contribution < 1.29 is 0 Å². The molecule has 0 radical (unpaired) electrons. The molecule has 82 valence electrons. The number of fused-ring (bicyclic) bond motifs is 2. The van der Waals surface area contributed by atoms with Crippen LogP contribution in [-0.2, 0) is 0 Å². The SMILES string of the molecule is CNC(CC(C)C)C1CC2CCC1C2. The van der Waals surface area contributed by atoms with E-state index < -0.39 is 0 Å². The van der Waals surface area contributed by atoms with Gasteiger partial charge in [-0.1, -0.05) is 20.3 Å². The molecule has 4 atom stereocenters. The molecule has 0 aromatic carbocycles. The van der Waals surface area contributed by atoms with Gasteiger partial charge in [-0.15, -0.1) is 0 Å². The fraction of sp³-hybridized carbons (Fsp3) is 1.00. The van der Waals surface area contributed by atoms with E-state index >= 15 is 0 Å². The lowest BCUT2D eigenvalue weighted by Crippen LogP contribution is -2.37. The Hall–Kier alpha value is -0.0400. The van der Waals surface area contributed by atoms with E-state index in [9.17, 15) is 0 Å². The Bertz CT molecular complexity index is 188. The molecule has 0 aromatic rings. The first-order valence-electron chi connectivity index (χ1n) is 6.38. The van der Waals surface area contributed by atoms with E-state index in [2.05, 4.69) is 26.2 Å². The van der Waals surface area contributed by atoms with Gasteiger partial charge >= 0.3 is 0 Å². The topological polar surface area (TPSA) is 12.0 Å². The molecule has 2 saturated carbocycles. The zero-order chi connectivity index (χ0) is 10.1. The van der Waals surface area contributed by atoms with Gasteiger partial charge in [-0.2, -0.15) is 0 Å². The maximum absolute atomic E-state index is 3.56. The lowest BCUT2D eigenvalue weighted by atomic mass is 9.80. The van der Waals surface area contributed by atoms with E-state index in [1.807, 2.05) is 0 Å². The van der Waals surface area contributed by atoms with Crippen molar-refractivity contribution in [2.24, 2.45) is 23.7 Å². The van der Waals surface area contributed by atoms with Crippen LogP contribution in [0.4, 0.5) is 0 Å². The largest absolute Gasteiger partial charge is 0.317 e. The minimum absolute atomic E-state index is 0.797. The predicted octanol–water partition coefficient (Wildman–Crippen LogP) is 3.06. The van der Waals surface area contributed by atoms with Gasteiger partial charge < -0.3 is 5.32 Å². The maximum Gasteiger partial charge on any atom is 0.00975 e. The van der Waals surface area contributed by atoms with Crippen LogP contribution in [-0.4, -0.2) is 13.1 Å². The van der Waals surface area contributed by atoms with Gasteiger partial charge in [0.2, 0.25) is 0 Å². The molecule has 2 aliphatic carbocycles. The Balaban J connectivity index is 1.92. The van der Waals surface area contributed by atoms with Crippen LogP contribution in [0.5, 0.6) is 0 Å². The van der Waals surface area contributed by atoms with Crippen molar-refractivity contribution in [2.75, 3.05) is 7.05 Å². The Labute approximate surface area is 88.7 Å². The summed E-state index contributed by atoms with van der Waals surface area (Å²) < 4.78 is 0. The van der Waals surface area contributed by atoms with Crippen molar-refractivity contribution in [3.05, 3.63) is 0 Å². The van der Waals surface area contributed by atoms with Crippen molar-refractivity contribution in [1.82, 2.24) is 5.32 Å². The Morgan fingerprint density at radius 1 is 1.21 bits per heavy atom. The zero-order valence-corrected chi connectivity index (χ0v) is 9.92. The molecule has 14 heavy (non-hydrogen) atoms. The van der Waals surface area contributed by atoms with E-state index in [1.165, 1.54) is 25.7 Å². The molecule has 0 heterocycles. The van der Waals surface area contributed by atoms with Crippen molar-refractivity contribution in [2.45, 2.75) is 52.0 Å². The van der Waals surface area contributed by atoms with Crippen LogP contribution in [0.3, 0.4) is 0 Å². The highest BCUT2D eigenvalue weighted by molar-refractivity contribution is 4.95. The van der Waals surface area contributed by atoms with Crippen LogP contribution >= 0.6 is 0 Å². The summed E-state index contributed by atoms with van der Waals surface area (Å²) in [6.07, 6.45) is 7.47. The van der Waals surface area contributed by atoms with Crippen LogP contribution < -0.4 is 5.32 Å². The minimum Gasteiger partial charge on any atom is -0.317 e. The molecule has 1 N–H and O–H groups in total. The fourth-order valence-electron chi connectivity index (χ4n) is 3.80. The molecule has 4 unspecified atom stereocenters. The molecule has 2 bridgehead atoms. The first-order valence-corrected chi connectivity index (χ1v) is 6.38. The quantitative estimate of drug-likeness (QED) is 0.727. The van der Waals surface area contributed by atoms with Crippen molar-refractivity contribution in [3.8, 4) is 0 Å². The smallest absolute Gasteiger partial charge is 0.00975 e. The molecule has 0 aliphatic heterocycles. The van der Waals surface area contributed by atoms with E-state index in [1.54, 1.807) is 6.42 Å². The lowest BCUT2D eigenvalue weighted by molar-refractivity contribution is 0.232. The highest BCUT2D eigenvalue weighted by Gasteiger charge is 2.42. The summed E-state index contributed by atoms with van der Waals surface area (Å²) in [5, 5.41) is 3.56. The maximum atomic E-state index is 3.56. The van der Waals surface area contributed by atoms with Crippen LogP contribution in [0.2, 0.25) is 0 Å². The van der Waals surface area contributed by atoms with Crippen molar-refractivity contribution in [1.29, 1.82) is 0 Å². The monoisotopic (exact) mass is 195 g/mol. The third-order valence-electron chi connectivity index (χ3n) is 4.41. The molecule has 1 heteroatoms. The molecular formula is C13H25N. The second-order valence-electron chi connectivity index (χ2n) is 5.86. The molecule has 2 rings (SSSR count). The summed E-state index contributed by atoms with van der Waals surface area (Å²) in [6, 6.07) is 0.797. The second-order valence-corrected chi connectivity index (χ2v) is 5.86. The van der Waals surface area contributed by atoms with Gasteiger partial charge in [0.25, 0.3) is 0 Å². The summed E-state index contributed by atoms with van der Waals surface area (Å²) in [5.74, 6) is 4.00. The van der Waals surface area contributed by atoms with E-state index in [0.29, 0.717) is 0 Å². The average molecular weight is 195 g/mol. The van der Waals surface area contributed by atoms with E-state index in [4.69, 9.17) is 0 Å². The molecule has 0 saturated heterocycles. The number of nitrogens with one attached hydrogen (secondary N) is 1. The van der Waals surface area contributed by atoms with Gasteiger partial charge in [0.05, 0.1) is 0 Å². The minimum atomic E-state index is 0.797. The van der Waals surface area contributed by atoms with E-state index in [0.717, 1.165) is 29.7 Å². The molecular weight excluding hydrogens is 170 g/mol. The van der Waals surface area contributed by atoms with Crippen LogP contribution in [0.1, 0.15) is 46.0 Å². The Kier molecular flexibility index (Phi) is 3.16. The lowest BCUT2D eigenvalue weighted by Gasteiger charge is -2.31. The molecule has 0 spiro atoms. The highest BCUT2D eigenvalue weighted by Crippen LogP contribution is 2.50. The van der Waals surface area contributed by atoms with Gasteiger partial charge in [-0.25, -0.2) is 0 Å². The molecule has 0 aromatic heterocycles. The van der Waals surface area contributed by atoms with Crippen molar-refractivity contribution in [3.63, 3.8) is 0 Å². The van der Waals surface area contributed by atoms with Crippen LogP contribution in [0.15, 0.2) is 0 Å². The average Bonchev–Trinajstić information content (AvgIpc) is 2.74. The molecule has 2 fully saturated rings. The summed E-state index contributed by atoms with van der Waals surface area (Å²) in [6.45, 7) is 4.69. The van der Waals surface area contributed by atoms with Gasteiger partial charge in [-0.05, 0) is 56.4 Å². The summed E-state index contributed by atoms with van der Waals surface area (Å²) >= 11 is 0. The predicted molar refractivity (Wildman–Crippen MR) is 61.2 cm³/mol. The van der Waals surface area contributed by atoms with Crippen LogP contribution in [0.25, 0.3) is 0 Å². The molecule has 0 amide bonds. The van der Waals surface area contributed by atoms with Gasteiger partial charge in [0.1, 0.15) is 0 Å². The van der Waals surface area contributed by atoms with Gasteiger partial charge in [-0.3, -0.25) is 0 Å². The van der Waals surface area contributed by atoms with Gasteiger partial charge in [0.15, 0.2) is 0 Å². The summed E-state index contributed by atoms with van der Waals surface area (Å²) in [7, 11) is 2.15. The third kappa shape index (κ3) is 1.98. The second kappa shape index (κ2) is 4.22. The first-order chi connectivity index (χ1) is 6.70. The summed E-state index contributed by atoms with van der Waals surface area (Å²) in [4.78, 5) is 0. The number of hydrogen-bond donors (Lipinski definition) is 1. The zero-order valence-electron chi connectivity index (χ0n) is 9.92. The fourth-order valence-corrected chi connectivity index (χ4v) is 3.80.